The fraction of sp³-hybridized carbons (Fsp3) is 0.600. The van der Waals surface area contributed by atoms with Crippen LogP contribution in [0.3, 0.4) is 0 Å². The minimum Gasteiger partial charge on any atom is -0.369 e. The summed E-state index contributed by atoms with van der Waals surface area (Å²) in [6, 6.07) is 9.30. The van der Waals surface area contributed by atoms with Crippen LogP contribution >= 0.6 is 0 Å². The monoisotopic (exact) mass is 232 g/mol. The summed E-state index contributed by atoms with van der Waals surface area (Å²) >= 11 is 0. The Morgan fingerprint density at radius 3 is 2.65 bits per heavy atom. The summed E-state index contributed by atoms with van der Waals surface area (Å²) < 4.78 is 0. The van der Waals surface area contributed by atoms with Gasteiger partial charge in [0.25, 0.3) is 0 Å². The van der Waals surface area contributed by atoms with Crippen molar-refractivity contribution in [3.05, 3.63) is 29.8 Å². The molecule has 1 aromatic carbocycles. The van der Waals surface area contributed by atoms with Gasteiger partial charge in [-0.3, -0.25) is 0 Å². The molecule has 0 aliphatic carbocycles. The van der Waals surface area contributed by atoms with Crippen LogP contribution < -0.4 is 10.6 Å². The van der Waals surface area contributed by atoms with Gasteiger partial charge in [-0.1, -0.05) is 25.1 Å². The summed E-state index contributed by atoms with van der Waals surface area (Å²) in [7, 11) is 0. The number of nitrogens with zero attached hydrogens (tertiary/aromatic N) is 1. The minimum absolute atomic E-state index is 0.109. The molecule has 3 atom stereocenters. The number of piperidine rings is 1. The lowest BCUT2D eigenvalue weighted by molar-refractivity contribution is 0.377. The molecule has 2 nitrogen and oxygen atoms in total. The first-order valence-electron chi connectivity index (χ1n) is 6.70. The second-order valence-corrected chi connectivity index (χ2v) is 5.52. The first-order valence-corrected chi connectivity index (χ1v) is 6.70. The van der Waals surface area contributed by atoms with E-state index in [4.69, 9.17) is 5.73 Å². The van der Waals surface area contributed by atoms with Gasteiger partial charge in [0.1, 0.15) is 0 Å². The average Bonchev–Trinajstić information content (AvgIpc) is 2.29. The van der Waals surface area contributed by atoms with Crippen LogP contribution in [0.25, 0.3) is 0 Å². The van der Waals surface area contributed by atoms with Gasteiger partial charge >= 0.3 is 0 Å². The SMILES string of the molecule is CC1CCN(c2ccccc2[C@@H](C)N)C(C)C1. The van der Waals surface area contributed by atoms with Crippen LogP contribution in [-0.4, -0.2) is 12.6 Å². The highest BCUT2D eigenvalue weighted by Gasteiger charge is 2.24. The molecule has 2 rings (SSSR count). The van der Waals surface area contributed by atoms with Crippen LogP contribution in [0.4, 0.5) is 5.69 Å². The Bertz CT molecular complexity index is 373. The van der Waals surface area contributed by atoms with Crippen LogP contribution in [0.15, 0.2) is 24.3 Å². The lowest BCUT2D eigenvalue weighted by Crippen LogP contribution is -2.41. The van der Waals surface area contributed by atoms with Crippen molar-refractivity contribution in [3.63, 3.8) is 0 Å². The predicted molar refractivity (Wildman–Crippen MR) is 74.3 cm³/mol. The molecule has 1 heterocycles. The number of nitrogens with two attached hydrogens (primary N) is 1. The highest BCUT2D eigenvalue weighted by Crippen LogP contribution is 2.32. The Kier molecular flexibility index (Phi) is 3.72. The first kappa shape index (κ1) is 12.4. The Hall–Kier alpha value is -1.02. The van der Waals surface area contributed by atoms with Crippen LogP contribution in [0.2, 0.25) is 0 Å². The molecule has 0 amide bonds. The quantitative estimate of drug-likeness (QED) is 0.847. The van der Waals surface area contributed by atoms with Crippen molar-refractivity contribution >= 4 is 5.69 Å². The molecule has 0 spiro atoms. The van der Waals surface area contributed by atoms with Crippen LogP contribution in [-0.2, 0) is 0 Å². The second-order valence-electron chi connectivity index (χ2n) is 5.52. The normalized spacial score (nSPS) is 26.9. The third-order valence-electron chi connectivity index (χ3n) is 3.88. The van der Waals surface area contributed by atoms with Crippen LogP contribution in [0.5, 0.6) is 0 Å². The maximum Gasteiger partial charge on any atom is 0.0416 e. The summed E-state index contributed by atoms with van der Waals surface area (Å²) in [5.41, 5.74) is 8.67. The van der Waals surface area contributed by atoms with E-state index < -0.39 is 0 Å². The maximum atomic E-state index is 6.07. The Balaban J connectivity index is 2.27. The summed E-state index contributed by atoms with van der Waals surface area (Å²) in [5, 5.41) is 0. The molecule has 94 valence electrons. The summed E-state index contributed by atoms with van der Waals surface area (Å²) in [6.45, 7) is 7.90. The van der Waals surface area contributed by atoms with Crippen LogP contribution in [0, 0.1) is 5.92 Å². The van der Waals surface area contributed by atoms with Gasteiger partial charge in [0.05, 0.1) is 0 Å². The molecule has 0 aromatic heterocycles. The van der Waals surface area contributed by atoms with E-state index in [0.29, 0.717) is 6.04 Å². The van der Waals surface area contributed by atoms with Gasteiger partial charge in [0.15, 0.2) is 0 Å². The van der Waals surface area contributed by atoms with Gasteiger partial charge in [-0.15, -0.1) is 0 Å². The third kappa shape index (κ3) is 2.63. The van der Waals surface area contributed by atoms with E-state index in [1.165, 1.54) is 24.1 Å². The smallest absolute Gasteiger partial charge is 0.0416 e. The Labute approximate surface area is 105 Å². The van der Waals surface area contributed by atoms with Gasteiger partial charge in [0, 0.05) is 24.3 Å². The van der Waals surface area contributed by atoms with Crippen molar-refractivity contribution < 1.29 is 0 Å². The lowest BCUT2D eigenvalue weighted by atomic mass is 9.92. The molecule has 1 aromatic rings. The number of para-hydroxylation sites is 1. The van der Waals surface area contributed by atoms with E-state index in [9.17, 15) is 0 Å². The van der Waals surface area contributed by atoms with Gasteiger partial charge in [0.2, 0.25) is 0 Å². The van der Waals surface area contributed by atoms with Crippen molar-refractivity contribution in [2.24, 2.45) is 11.7 Å². The van der Waals surface area contributed by atoms with Gasteiger partial charge < -0.3 is 10.6 Å². The van der Waals surface area contributed by atoms with Crippen LogP contribution in [0.1, 0.15) is 45.2 Å². The fourth-order valence-electron chi connectivity index (χ4n) is 2.90. The van der Waals surface area contributed by atoms with Crippen molar-refractivity contribution in [2.75, 3.05) is 11.4 Å². The third-order valence-corrected chi connectivity index (χ3v) is 3.88. The molecule has 2 heteroatoms. The van der Waals surface area contributed by atoms with Gasteiger partial charge in [-0.2, -0.15) is 0 Å². The number of anilines is 1. The zero-order valence-electron chi connectivity index (χ0n) is 11.2. The Morgan fingerprint density at radius 1 is 1.29 bits per heavy atom. The number of benzene rings is 1. The highest BCUT2D eigenvalue weighted by atomic mass is 15.2. The zero-order valence-corrected chi connectivity index (χ0v) is 11.2. The zero-order chi connectivity index (χ0) is 12.4. The van der Waals surface area contributed by atoms with E-state index >= 15 is 0 Å². The molecule has 0 saturated carbocycles. The summed E-state index contributed by atoms with van der Waals surface area (Å²) in [6.07, 6.45) is 2.57. The topological polar surface area (TPSA) is 29.3 Å². The molecule has 1 aliphatic heterocycles. The van der Waals surface area contributed by atoms with E-state index in [2.05, 4.69) is 49.9 Å². The molecule has 2 N–H and O–H groups in total. The largest absolute Gasteiger partial charge is 0.369 e. The van der Waals surface area contributed by atoms with Crippen molar-refractivity contribution in [3.8, 4) is 0 Å². The average molecular weight is 232 g/mol. The second kappa shape index (κ2) is 5.09. The van der Waals surface area contributed by atoms with E-state index in [0.717, 1.165) is 12.5 Å². The molecule has 17 heavy (non-hydrogen) atoms. The van der Waals surface area contributed by atoms with Crippen molar-refractivity contribution in [2.45, 2.75) is 45.7 Å². The molecule has 1 saturated heterocycles. The van der Waals surface area contributed by atoms with E-state index in [1.807, 2.05) is 0 Å². The number of hydrogen-bond donors (Lipinski definition) is 1. The summed E-state index contributed by atoms with van der Waals surface area (Å²) in [4.78, 5) is 2.53. The predicted octanol–water partition coefficient (Wildman–Crippen LogP) is 3.33. The molecule has 1 fully saturated rings. The minimum atomic E-state index is 0.109. The van der Waals surface area contributed by atoms with Crippen molar-refractivity contribution in [1.82, 2.24) is 0 Å². The molecule has 1 aliphatic rings. The van der Waals surface area contributed by atoms with E-state index in [-0.39, 0.29) is 6.04 Å². The molecule has 0 bridgehead atoms. The fourth-order valence-corrected chi connectivity index (χ4v) is 2.90. The number of hydrogen-bond acceptors (Lipinski definition) is 2. The number of rotatable bonds is 2. The highest BCUT2D eigenvalue weighted by molar-refractivity contribution is 5.55. The van der Waals surface area contributed by atoms with Gasteiger partial charge in [-0.05, 0) is 44.2 Å². The maximum absolute atomic E-state index is 6.07. The first-order chi connectivity index (χ1) is 8.09. The molecule has 0 radical (unpaired) electrons. The van der Waals surface area contributed by atoms with Gasteiger partial charge in [-0.25, -0.2) is 0 Å². The van der Waals surface area contributed by atoms with E-state index in [1.54, 1.807) is 0 Å². The molecule has 2 unspecified atom stereocenters. The lowest BCUT2D eigenvalue weighted by Gasteiger charge is -2.39. The molecular formula is C15H24N2. The standard InChI is InChI=1S/C15H24N2/c1-11-8-9-17(12(2)10-11)15-7-5-4-6-14(15)13(3)16/h4-7,11-13H,8-10,16H2,1-3H3/t11?,12?,13-/m1/s1. The Morgan fingerprint density at radius 2 is 2.00 bits per heavy atom. The molecular weight excluding hydrogens is 208 g/mol. The summed E-state index contributed by atoms with van der Waals surface area (Å²) in [5.74, 6) is 0.851. The van der Waals surface area contributed by atoms with Crippen molar-refractivity contribution in [1.29, 1.82) is 0 Å².